The number of allylic oxidation sites excluding steroid dienone is 2. The molecule has 0 radical (unpaired) electrons. The van der Waals surface area contributed by atoms with Crippen LogP contribution in [0.3, 0.4) is 0 Å². The Balaban J connectivity index is 1.55. The van der Waals surface area contributed by atoms with Gasteiger partial charge in [0.05, 0.1) is 12.2 Å². The minimum absolute atomic E-state index is 0.0590. The first-order valence-electron chi connectivity index (χ1n) is 9.41. The minimum atomic E-state index is -0.469. The molecule has 1 fully saturated rings. The molecule has 26 heavy (non-hydrogen) atoms. The molecule has 1 aromatic carbocycles. The lowest BCUT2D eigenvalue weighted by Gasteiger charge is -2.34. The van der Waals surface area contributed by atoms with Crippen molar-refractivity contribution in [3.63, 3.8) is 0 Å². The van der Waals surface area contributed by atoms with E-state index < -0.39 is 5.41 Å². The largest absolute Gasteiger partial charge is 0.490 e. The van der Waals surface area contributed by atoms with E-state index in [1.165, 1.54) is 0 Å². The van der Waals surface area contributed by atoms with Gasteiger partial charge < -0.3 is 15.0 Å². The second-order valence-electron chi connectivity index (χ2n) is 8.61. The average molecular weight is 354 g/mol. The third-order valence-corrected chi connectivity index (χ3v) is 5.59. The number of fused-ring (bicyclic) bond motifs is 3. The summed E-state index contributed by atoms with van der Waals surface area (Å²) in [5.74, 6) is 1.82. The number of hydrogen-bond acceptors (Lipinski definition) is 3. The highest BCUT2D eigenvalue weighted by Gasteiger charge is 2.40. The highest BCUT2D eigenvalue weighted by atomic mass is 16.5. The van der Waals surface area contributed by atoms with Crippen LogP contribution in [0, 0.1) is 23.2 Å². The number of carbonyl (C=O) groups is 2. The zero-order valence-electron chi connectivity index (χ0n) is 15.6. The van der Waals surface area contributed by atoms with E-state index in [0.717, 1.165) is 24.2 Å². The summed E-state index contributed by atoms with van der Waals surface area (Å²) in [5, 5.41) is 3.05. The number of ether oxygens (including phenoxy) is 1. The molecule has 5 nitrogen and oxygen atoms in total. The molecule has 4 rings (SSSR count). The normalized spacial score (nSPS) is 26.4. The summed E-state index contributed by atoms with van der Waals surface area (Å²) in [4.78, 5) is 27.3. The van der Waals surface area contributed by atoms with Crippen LogP contribution < -0.4 is 15.0 Å². The van der Waals surface area contributed by atoms with Crippen LogP contribution >= 0.6 is 0 Å². The molecule has 2 aliphatic carbocycles. The number of carbonyl (C=O) groups excluding carboxylic acids is 2. The van der Waals surface area contributed by atoms with E-state index >= 15 is 0 Å². The number of amides is 2. The summed E-state index contributed by atoms with van der Waals surface area (Å²) >= 11 is 0. The van der Waals surface area contributed by atoms with Crippen molar-refractivity contribution >= 4 is 23.2 Å². The third kappa shape index (κ3) is 3.00. The number of hydrogen-bond donors (Lipinski definition) is 1. The molecular formula is C21H26N2O3. The first kappa shape index (κ1) is 17.1. The predicted octanol–water partition coefficient (Wildman–Crippen LogP) is 3.61. The third-order valence-electron chi connectivity index (χ3n) is 5.59. The Morgan fingerprint density at radius 1 is 1.19 bits per heavy atom. The van der Waals surface area contributed by atoms with Gasteiger partial charge in [0.15, 0.2) is 0 Å². The fraction of sp³-hybridized carbons (Fsp3) is 0.524. The maximum absolute atomic E-state index is 12.8. The highest BCUT2D eigenvalue weighted by Crippen LogP contribution is 2.44. The first-order chi connectivity index (χ1) is 12.3. The van der Waals surface area contributed by atoms with E-state index in [0.29, 0.717) is 30.7 Å². The van der Waals surface area contributed by atoms with Gasteiger partial charge in [0.25, 0.3) is 0 Å². The molecule has 5 heteroatoms. The van der Waals surface area contributed by atoms with Crippen molar-refractivity contribution in [1.29, 1.82) is 0 Å². The molecule has 1 aliphatic heterocycles. The van der Waals surface area contributed by atoms with Crippen LogP contribution in [0.5, 0.6) is 5.75 Å². The summed E-state index contributed by atoms with van der Waals surface area (Å²) in [5.41, 5.74) is 0.989. The van der Waals surface area contributed by atoms with Crippen LogP contribution in [-0.2, 0) is 9.59 Å². The van der Waals surface area contributed by atoms with Crippen molar-refractivity contribution < 1.29 is 14.3 Å². The topological polar surface area (TPSA) is 58.6 Å². The van der Waals surface area contributed by atoms with E-state index in [-0.39, 0.29) is 17.7 Å². The molecule has 0 aromatic heterocycles. The lowest BCUT2D eigenvalue weighted by molar-refractivity contribution is -0.126. The van der Waals surface area contributed by atoms with Crippen molar-refractivity contribution in [3.8, 4) is 5.75 Å². The second kappa shape index (κ2) is 6.15. The van der Waals surface area contributed by atoms with Crippen LogP contribution in [0.2, 0.25) is 0 Å². The van der Waals surface area contributed by atoms with Crippen LogP contribution in [0.15, 0.2) is 30.4 Å². The van der Waals surface area contributed by atoms with Gasteiger partial charge in [-0.3, -0.25) is 9.59 Å². The van der Waals surface area contributed by atoms with Gasteiger partial charge in [0, 0.05) is 17.0 Å². The van der Waals surface area contributed by atoms with Crippen LogP contribution in [0.25, 0.3) is 0 Å². The number of nitrogens with one attached hydrogen (secondary N) is 1. The van der Waals surface area contributed by atoms with Gasteiger partial charge in [-0.15, -0.1) is 0 Å². The zero-order valence-corrected chi connectivity index (χ0v) is 15.6. The van der Waals surface area contributed by atoms with Crippen molar-refractivity contribution in [3.05, 3.63) is 30.4 Å². The van der Waals surface area contributed by atoms with E-state index in [1.54, 1.807) is 4.90 Å². The van der Waals surface area contributed by atoms with Crippen LogP contribution in [-0.4, -0.2) is 25.0 Å². The number of anilines is 2. The van der Waals surface area contributed by atoms with Crippen LogP contribution in [0.4, 0.5) is 11.4 Å². The molecule has 0 spiro atoms. The van der Waals surface area contributed by atoms with Crippen LogP contribution in [0.1, 0.15) is 33.6 Å². The van der Waals surface area contributed by atoms with Gasteiger partial charge >= 0.3 is 0 Å². The summed E-state index contributed by atoms with van der Waals surface area (Å²) in [6, 6.07) is 5.55. The minimum Gasteiger partial charge on any atom is -0.490 e. The maximum atomic E-state index is 12.8. The molecular weight excluding hydrogens is 328 g/mol. The van der Waals surface area contributed by atoms with E-state index in [1.807, 2.05) is 39.0 Å². The van der Waals surface area contributed by atoms with E-state index in [4.69, 9.17) is 4.74 Å². The SMILES string of the molecule is CC(C)(C)C(=O)N1CCOc2ccc(NC(=O)[C@H]3C[C@H]4C=C[C@H]3C4)cc21. The lowest BCUT2D eigenvalue weighted by atomic mass is 9.92. The molecule has 2 amide bonds. The summed E-state index contributed by atoms with van der Waals surface area (Å²) in [7, 11) is 0. The lowest BCUT2D eigenvalue weighted by Crippen LogP contribution is -2.44. The van der Waals surface area contributed by atoms with Gasteiger partial charge in [0.1, 0.15) is 12.4 Å². The number of rotatable bonds is 2. The molecule has 3 aliphatic rings. The molecule has 1 heterocycles. The highest BCUT2D eigenvalue weighted by molar-refractivity contribution is 6.00. The molecule has 3 atom stereocenters. The Hall–Kier alpha value is -2.30. The van der Waals surface area contributed by atoms with Gasteiger partial charge in [0.2, 0.25) is 11.8 Å². The number of nitrogens with zero attached hydrogens (tertiary/aromatic N) is 1. The van der Waals surface area contributed by atoms with Gasteiger partial charge in [-0.25, -0.2) is 0 Å². The fourth-order valence-corrected chi connectivity index (χ4v) is 4.23. The number of benzene rings is 1. The summed E-state index contributed by atoms with van der Waals surface area (Å²) < 4.78 is 5.70. The van der Waals surface area contributed by atoms with E-state index in [2.05, 4.69) is 17.5 Å². The summed E-state index contributed by atoms with van der Waals surface area (Å²) in [6.07, 6.45) is 6.46. The molecule has 2 bridgehead atoms. The molecule has 1 saturated carbocycles. The molecule has 0 saturated heterocycles. The standard InChI is InChI=1S/C21H26N2O3/c1-21(2,3)20(25)23-8-9-26-18-7-6-15(12-17(18)23)22-19(24)16-11-13-4-5-14(16)10-13/h4-7,12-14,16H,8-11H2,1-3H3,(H,22,24)/t13-,14-,16-/m0/s1. The van der Waals surface area contributed by atoms with Gasteiger partial charge in [-0.1, -0.05) is 32.9 Å². The predicted molar refractivity (Wildman–Crippen MR) is 101 cm³/mol. The second-order valence-corrected chi connectivity index (χ2v) is 8.61. The molecule has 0 unspecified atom stereocenters. The smallest absolute Gasteiger partial charge is 0.232 e. The Labute approximate surface area is 154 Å². The molecule has 138 valence electrons. The van der Waals surface area contributed by atoms with Crippen molar-refractivity contribution in [2.45, 2.75) is 33.6 Å². The van der Waals surface area contributed by atoms with Gasteiger partial charge in [-0.05, 0) is 42.9 Å². The Morgan fingerprint density at radius 3 is 2.65 bits per heavy atom. The van der Waals surface area contributed by atoms with Gasteiger partial charge in [-0.2, -0.15) is 0 Å². The monoisotopic (exact) mass is 354 g/mol. The Bertz CT molecular complexity index is 778. The molecule has 1 aromatic rings. The van der Waals surface area contributed by atoms with E-state index in [9.17, 15) is 9.59 Å². The fourth-order valence-electron chi connectivity index (χ4n) is 4.23. The molecule has 1 N–H and O–H groups in total. The Morgan fingerprint density at radius 2 is 2.00 bits per heavy atom. The zero-order chi connectivity index (χ0) is 18.5. The summed E-state index contributed by atoms with van der Waals surface area (Å²) in [6.45, 7) is 6.76. The van der Waals surface area contributed by atoms with Crippen molar-refractivity contribution in [1.82, 2.24) is 0 Å². The van der Waals surface area contributed by atoms with Crippen molar-refractivity contribution in [2.24, 2.45) is 23.2 Å². The average Bonchev–Trinajstić information content (AvgIpc) is 3.23. The quantitative estimate of drug-likeness (QED) is 0.826. The maximum Gasteiger partial charge on any atom is 0.232 e. The van der Waals surface area contributed by atoms with Crippen molar-refractivity contribution in [2.75, 3.05) is 23.4 Å². The Kier molecular flexibility index (Phi) is 4.05. The first-order valence-corrected chi connectivity index (χ1v) is 9.41.